The molecule has 1 aliphatic heterocycles. The number of nitrogens with zero attached hydrogens (tertiary/aromatic N) is 1. The molecule has 1 amide bonds. The van der Waals surface area contributed by atoms with Crippen LogP contribution < -0.4 is 14.8 Å². The first kappa shape index (κ1) is 17.0. The Bertz CT molecular complexity index is 524. The van der Waals surface area contributed by atoms with Crippen molar-refractivity contribution in [1.82, 2.24) is 4.90 Å². The van der Waals surface area contributed by atoms with Gasteiger partial charge in [0.05, 0.1) is 39.6 Å². The number of methoxy groups -OCH3 is 2. The number of quaternary nitrogens is 1. The van der Waals surface area contributed by atoms with E-state index in [1.807, 2.05) is 30.1 Å². The van der Waals surface area contributed by atoms with Crippen LogP contribution in [0.4, 0.5) is 0 Å². The highest BCUT2D eigenvalue weighted by Crippen LogP contribution is 2.47. The lowest BCUT2D eigenvalue weighted by atomic mass is 10.1. The highest BCUT2D eigenvalue weighted by Gasteiger charge is 2.41. The van der Waals surface area contributed by atoms with E-state index >= 15 is 0 Å². The minimum Gasteiger partial charge on any atom is -0.497 e. The van der Waals surface area contributed by atoms with E-state index in [2.05, 4.69) is 12.2 Å². The Morgan fingerprint density at radius 3 is 2.68 bits per heavy atom. The first-order valence-electron chi connectivity index (χ1n) is 7.61. The van der Waals surface area contributed by atoms with Crippen molar-refractivity contribution in [2.24, 2.45) is 0 Å². The molecule has 0 saturated carbocycles. The lowest BCUT2D eigenvalue weighted by Gasteiger charge is -2.25. The molecule has 2 atom stereocenters. The van der Waals surface area contributed by atoms with Crippen molar-refractivity contribution >= 4 is 17.7 Å². The molecule has 0 aromatic heterocycles. The van der Waals surface area contributed by atoms with Crippen molar-refractivity contribution in [2.75, 3.05) is 34.4 Å². The van der Waals surface area contributed by atoms with Gasteiger partial charge >= 0.3 is 0 Å². The van der Waals surface area contributed by atoms with E-state index in [-0.39, 0.29) is 16.5 Å². The summed E-state index contributed by atoms with van der Waals surface area (Å²) >= 11 is 1.71. The number of nitrogens with two attached hydrogens (primary N) is 1. The Hall–Kier alpha value is -1.40. The van der Waals surface area contributed by atoms with E-state index in [0.29, 0.717) is 0 Å². The van der Waals surface area contributed by atoms with Crippen LogP contribution in [0.1, 0.15) is 24.3 Å². The molecule has 0 aliphatic carbocycles. The molecule has 22 heavy (non-hydrogen) atoms. The van der Waals surface area contributed by atoms with Crippen molar-refractivity contribution in [2.45, 2.75) is 24.0 Å². The molecular formula is C16H25N2O3S+. The van der Waals surface area contributed by atoms with Crippen molar-refractivity contribution in [3.05, 3.63) is 23.8 Å². The second-order valence-corrected chi connectivity index (χ2v) is 6.51. The summed E-state index contributed by atoms with van der Waals surface area (Å²) in [4.78, 5) is 14.6. The first-order valence-corrected chi connectivity index (χ1v) is 8.56. The molecular weight excluding hydrogens is 300 g/mol. The van der Waals surface area contributed by atoms with Gasteiger partial charge < -0.3 is 19.7 Å². The number of carbonyl (C=O) groups is 1. The van der Waals surface area contributed by atoms with E-state index in [9.17, 15) is 4.79 Å². The fourth-order valence-corrected chi connectivity index (χ4v) is 4.07. The first-order chi connectivity index (χ1) is 10.7. The van der Waals surface area contributed by atoms with E-state index in [4.69, 9.17) is 9.47 Å². The largest absolute Gasteiger partial charge is 0.497 e. The van der Waals surface area contributed by atoms with Gasteiger partial charge in [0.25, 0.3) is 0 Å². The van der Waals surface area contributed by atoms with Gasteiger partial charge in [-0.3, -0.25) is 4.79 Å². The normalized spacial score (nSPS) is 21.3. The maximum atomic E-state index is 12.6. The zero-order valence-corrected chi connectivity index (χ0v) is 14.5. The molecule has 0 bridgehead atoms. The molecule has 0 spiro atoms. The third-order valence-electron chi connectivity index (χ3n) is 3.87. The Morgan fingerprint density at radius 1 is 1.32 bits per heavy atom. The Balaban J connectivity index is 2.37. The van der Waals surface area contributed by atoms with E-state index in [1.54, 1.807) is 26.0 Å². The van der Waals surface area contributed by atoms with Crippen LogP contribution in [-0.4, -0.2) is 50.4 Å². The molecule has 1 saturated heterocycles. The topological polar surface area (TPSA) is 55.4 Å². The fourth-order valence-electron chi connectivity index (χ4n) is 2.63. The number of amides is 1. The van der Waals surface area contributed by atoms with Crippen LogP contribution in [0.2, 0.25) is 0 Å². The number of ether oxygens (including phenoxy) is 2. The average molecular weight is 325 g/mol. The maximum Gasteiger partial charge on any atom is 0.237 e. The number of likely N-dealkylation sites (N-methyl/N-ethyl adjacent to an activating group) is 1. The van der Waals surface area contributed by atoms with Gasteiger partial charge in [0.15, 0.2) is 0 Å². The summed E-state index contributed by atoms with van der Waals surface area (Å²) in [5, 5.41) is 2.11. The van der Waals surface area contributed by atoms with Gasteiger partial charge in [-0.25, -0.2) is 0 Å². The van der Waals surface area contributed by atoms with Crippen LogP contribution >= 0.6 is 11.8 Å². The highest BCUT2D eigenvalue weighted by molar-refractivity contribution is 8.01. The SMILES string of the molecule is CC[C@@H]1S[C@@H](c2cc(OC)ccc2OC)N(CC[NH2+]C)C1=O. The smallest absolute Gasteiger partial charge is 0.237 e. The van der Waals surface area contributed by atoms with Crippen LogP contribution in [0.25, 0.3) is 0 Å². The second kappa shape index (κ2) is 7.74. The molecule has 122 valence electrons. The number of hydrogen-bond acceptors (Lipinski definition) is 4. The van der Waals surface area contributed by atoms with Crippen LogP contribution in [-0.2, 0) is 4.79 Å². The number of hydrogen-bond donors (Lipinski definition) is 1. The summed E-state index contributed by atoms with van der Waals surface area (Å²) in [5.41, 5.74) is 1.01. The minimum absolute atomic E-state index is 0.0116. The standard InChI is InChI=1S/C16H24N2O3S/c1-5-14-15(19)18(9-8-17-2)16(22-14)12-10-11(20-3)6-7-13(12)21-4/h6-7,10,14,16-17H,5,8-9H2,1-4H3/p+1/t14-,16-/m0/s1. The van der Waals surface area contributed by atoms with Gasteiger partial charge in [0, 0.05) is 5.56 Å². The number of carbonyl (C=O) groups excluding carboxylic acids is 1. The summed E-state index contributed by atoms with van der Waals surface area (Å²) in [6.45, 7) is 3.69. The van der Waals surface area contributed by atoms with Crippen LogP contribution in [0.3, 0.4) is 0 Å². The average Bonchev–Trinajstić information content (AvgIpc) is 2.88. The third kappa shape index (κ3) is 3.33. The van der Waals surface area contributed by atoms with Crippen LogP contribution in [0, 0.1) is 0 Å². The molecule has 1 fully saturated rings. The Kier molecular flexibility index (Phi) is 5.97. The minimum atomic E-state index is -0.0116. The molecule has 2 rings (SSSR count). The lowest BCUT2D eigenvalue weighted by molar-refractivity contribution is -0.626. The van der Waals surface area contributed by atoms with E-state index in [1.165, 1.54) is 0 Å². The number of thioether (sulfide) groups is 1. The second-order valence-electron chi connectivity index (χ2n) is 5.22. The lowest BCUT2D eigenvalue weighted by Crippen LogP contribution is -2.81. The zero-order valence-electron chi connectivity index (χ0n) is 13.7. The summed E-state index contributed by atoms with van der Waals surface area (Å²) < 4.78 is 10.8. The molecule has 1 aromatic rings. The van der Waals surface area contributed by atoms with Gasteiger partial charge in [-0.05, 0) is 24.6 Å². The number of benzene rings is 1. The quantitative estimate of drug-likeness (QED) is 0.820. The summed E-state index contributed by atoms with van der Waals surface area (Å²) in [7, 11) is 5.33. The molecule has 0 unspecified atom stereocenters. The van der Waals surface area contributed by atoms with Crippen molar-refractivity contribution in [3.8, 4) is 11.5 Å². The van der Waals surface area contributed by atoms with E-state index in [0.717, 1.165) is 36.6 Å². The van der Waals surface area contributed by atoms with Gasteiger partial charge in [0.1, 0.15) is 16.9 Å². The molecule has 2 N–H and O–H groups in total. The van der Waals surface area contributed by atoms with Crippen molar-refractivity contribution in [1.29, 1.82) is 0 Å². The summed E-state index contributed by atoms with van der Waals surface area (Å²) in [6, 6.07) is 5.76. The van der Waals surface area contributed by atoms with Crippen molar-refractivity contribution < 1.29 is 19.6 Å². The van der Waals surface area contributed by atoms with Crippen molar-refractivity contribution in [3.63, 3.8) is 0 Å². The number of rotatable bonds is 7. The molecule has 1 heterocycles. The Labute approximate surface area is 136 Å². The predicted molar refractivity (Wildman–Crippen MR) is 88.4 cm³/mol. The van der Waals surface area contributed by atoms with Gasteiger partial charge in [-0.1, -0.05) is 6.92 Å². The third-order valence-corrected chi connectivity index (χ3v) is 5.50. The van der Waals surface area contributed by atoms with Gasteiger partial charge in [0.2, 0.25) is 5.91 Å². The van der Waals surface area contributed by atoms with Crippen LogP contribution in [0.15, 0.2) is 18.2 Å². The monoisotopic (exact) mass is 325 g/mol. The predicted octanol–water partition coefficient (Wildman–Crippen LogP) is 1.25. The highest BCUT2D eigenvalue weighted by atomic mass is 32.2. The summed E-state index contributed by atoms with van der Waals surface area (Å²) in [5.74, 6) is 1.81. The molecule has 5 nitrogen and oxygen atoms in total. The molecule has 0 radical (unpaired) electrons. The maximum absolute atomic E-state index is 12.6. The van der Waals surface area contributed by atoms with Gasteiger partial charge in [-0.15, -0.1) is 11.8 Å². The zero-order chi connectivity index (χ0) is 16.1. The molecule has 1 aromatic carbocycles. The summed E-state index contributed by atoms with van der Waals surface area (Å²) in [6.07, 6.45) is 0.846. The fraction of sp³-hybridized carbons (Fsp3) is 0.562. The molecule has 1 aliphatic rings. The molecule has 6 heteroatoms. The van der Waals surface area contributed by atoms with Crippen LogP contribution in [0.5, 0.6) is 11.5 Å². The van der Waals surface area contributed by atoms with E-state index < -0.39 is 0 Å². The van der Waals surface area contributed by atoms with Gasteiger partial charge in [-0.2, -0.15) is 0 Å². The Morgan fingerprint density at radius 2 is 2.09 bits per heavy atom.